The number of hydrogen-bond donors (Lipinski definition) is 1. The second-order valence-electron chi connectivity index (χ2n) is 4.98. The zero-order chi connectivity index (χ0) is 14.8. The molecule has 2 rings (SSSR count). The van der Waals surface area contributed by atoms with Crippen molar-refractivity contribution in [2.75, 3.05) is 26.7 Å². The second-order valence-corrected chi connectivity index (χ2v) is 7.32. The van der Waals surface area contributed by atoms with E-state index in [-0.39, 0.29) is 22.3 Å². The van der Waals surface area contributed by atoms with Crippen LogP contribution in [0.5, 0.6) is 0 Å². The molecular weight excluding hydrogens is 338 g/mol. The van der Waals surface area contributed by atoms with Crippen LogP contribution in [0.1, 0.15) is 12.8 Å². The van der Waals surface area contributed by atoms with Crippen LogP contribution in [0, 0.1) is 11.7 Å². The molecule has 1 aliphatic rings. The van der Waals surface area contributed by atoms with E-state index in [0.29, 0.717) is 19.0 Å². The fourth-order valence-corrected chi connectivity index (χ4v) is 4.14. The van der Waals surface area contributed by atoms with Gasteiger partial charge in [0.15, 0.2) is 0 Å². The largest absolute Gasteiger partial charge is 0.319 e. The lowest BCUT2D eigenvalue weighted by Gasteiger charge is -2.31. The van der Waals surface area contributed by atoms with Gasteiger partial charge in [-0.25, -0.2) is 12.8 Å². The summed E-state index contributed by atoms with van der Waals surface area (Å²) in [7, 11) is -1.89. The van der Waals surface area contributed by atoms with E-state index in [1.165, 1.54) is 16.4 Å². The van der Waals surface area contributed by atoms with Crippen molar-refractivity contribution in [2.45, 2.75) is 17.7 Å². The maximum Gasteiger partial charge on any atom is 0.245 e. The predicted molar refractivity (Wildman–Crippen MR) is 84.1 cm³/mol. The minimum Gasteiger partial charge on any atom is -0.319 e. The third-order valence-electron chi connectivity index (χ3n) is 3.58. The van der Waals surface area contributed by atoms with Crippen molar-refractivity contribution < 1.29 is 12.8 Å². The first-order valence-corrected chi connectivity index (χ1v) is 8.36. The third-order valence-corrected chi connectivity index (χ3v) is 5.75. The SMILES string of the molecule is CNCC1CCN(S(=O)(=O)c2ccc(Cl)cc2F)CC1.Cl. The number of benzene rings is 1. The lowest BCUT2D eigenvalue weighted by Crippen LogP contribution is -2.40. The summed E-state index contributed by atoms with van der Waals surface area (Å²) in [6.45, 7) is 1.73. The minimum atomic E-state index is -3.77. The van der Waals surface area contributed by atoms with Crippen LogP contribution in [0.15, 0.2) is 23.1 Å². The fourth-order valence-electron chi connectivity index (χ4n) is 2.47. The standard InChI is InChI=1S/C13H18ClFN2O2S.ClH/c1-16-9-10-4-6-17(7-5-10)20(18,19)13-3-2-11(14)8-12(13)15;/h2-3,8,10,16H,4-7,9H2,1H3;1H. The molecule has 0 aliphatic carbocycles. The molecule has 1 fully saturated rings. The van der Waals surface area contributed by atoms with Gasteiger partial charge in [-0.3, -0.25) is 0 Å². The van der Waals surface area contributed by atoms with Crippen LogP contribution < -0.4 is 5.32 Å². The van der Waals surface area contributed by atoms with E-state index in [0.717, 1.165) is 25.5 Å². The van der Waals surface area contributed by atoms with E-state index >= 15 is 0 Å². The van der Waals surface area contributed by atoms with Gasteiger partial charge in [-0.05, 0) is 50.6 Å². The number of halogens is 3. The highest BCUT2D eigenvalue weighted by atomic mass is 35.5. The predicted octanol–water partition coefficient (Wildman–Crippen LogP) is 2.52. The maximum absolute atomic E-state index is 13.8. The molecule has 0 amide bonds. The summed E-state index contributed by atoms with van der Waals surface area (Å²) in [5, 5.41) is 3.28. The van der Waals surface area contributed by atoms with Crippen molar-refractivity contribution in [3.8, 4) is 0 Å². The number of piperidine rings is 1. The van der Waals surface area contributed by atoms with Crippen LogP contribution in [0.3, 0.4) is 0 Å². The normalized spacial score (nSPS) is 17.5. The Morgan fingerprint density at radius 3 is 2.52 bits per heavy atom. The van der Waals surface area contributed by atoms with E-state index in [1.807, 2.05) is 7.05 Å². The summed E-state index contributed by atoms with van der Waals surface area (Å²) in [5.41, 5.74) is 0. The molecule has 1 aliphatic heterocycles. The molecule has 0 radical (unpaired) electrons. The fraction of sp³-hybridized carbons (Fsp3) is 0.538. The molecule has 1 saturated heterocycles. The molecule has 120 valence electrons. The van der Waals surface area contributed by atoms with Gasteiger partial charge in [0.2, 0.25) is 10.0 Å². The lowest BCUT2D eigenvalue weighted by atomic mass is 9.98. The summed E-state index contributed by atoms with van der Waals surface area (Å²) >= 11 is 5.65. The summed E-state index contributed by atoms with van der Waals surface area (Å²) in [6.07, 6.45) is 1.57. The van der Waals surface area contributed by atoms with Gasteiger partial charge in [0.1, 0.15) is 10.7 Å². The summed E-state index contributed by atoms with van der Waals surface area (Å²) in [5.74, 6) is -0.323. The van der Waals surface area contributed by atoms with Gasteiger partial charge >= 0.3 is 0 Å². The van der Waals surface area contributed by atoms with Crippen LogP contribution in [0.2, 0.25) is 5.02 Å². The van der Waals surface area contributed by atoms with Crippen molar-refractivity contribution in [2.24, 2.45) is 5.92 Å². The Balaban J connectivity index is 0.00000220. The molecule has 21 heavy (non-hydrogen) atoms. The number of rotatable bonds is 4. The molecule has 1 N–H and O–H groups in total. The highest BCUT2D eigenvalue weighted by molar-refractivity contribution is 7.89. The molecule has 0 aromatic heterocycles. The monoisotopic (exact) mass is 356 g/mol. The third kappa shape index (κ3) is 4.29. The zero-order valence-electron chi connectivity index (χ0n) is 11.7. The first kappa shape index (κ1) is 18.6. The van der Waals surface area contributed by atoms with Crippen molar-refractivity contribution in [1.82, 2.24) is 9.62 Å². The Kier molecular flexibility index (Phi) is 6.87. The van der Waals surface area contributed by atoms with Gasteiger partial charge in [-0.15, -0.1) is 12.4 Å². The quantitative estimate of drug-likeness (QED) is 0.901. The molecule has 8 heteroatoms. The van der Waals surface area contributed by atoms with Gasteiger partial charge in [-0.2, -0.15) is 4.31 Å². The average Bonchev–Trinajstić information content (AvgIpc) is 2.39. The Hall–Kier alpha value is -0.400. The highest BCUT2D eigenvalue weighted by Crippen LogP contribution is 2.26. The van der Waals surface area contributed by atoms with E-state index in [4.69, 9.17) is 11.6 Å². The molecule has 0 atom stereocenters. The summed E-state index contributed by atoms with van der Waals surface area (Å²) < 4.78 is 40.0. The summed E-state index contributed by atoms with van der Waals surface area (Å²) in [6, 6.07) is 3.65. The van der Waals surface area contributed by atoms with Crippen molar-refractivity contribution in [3.05, 3.63) is 29.0 Å². The molecular formula is C13H19Cl2FN2O2S. The highest BCUT2D eigenvalue weighted by Gasteiger charge is 2.31. The lowest BCUT2D eigenvalue weighted by molar-refractivity contribution is 0.270. The molecule has 0 bridgehead atoms. The number of sulfonamides is 1. The Labute approximate surface area is 136 Å². The molecule has 0 saturated carbocycles. The van der Waals surface area contributed by atoms with Crippen LogP contribution >= 0.6 is 24.0 Å². The Morgan fingerprint density at radius 1 is 1.38 bits per heavy atom. The van der Waals surface area contributed by atoms with Gasteiger partial charge in [0.05, 0.1) is 0 Å². The van der Waals surface area contributed by atoms with Crippen molar-refractivity contribution in [1.29, 1.82) is 0 Å². The zero-order valence-corrected chi connectivity index (χ0v) is 14.1. The van der Waals surface area contributed by atoms with E-state index in [1.54, 1.807) is 0 Å². The maximum atomic E-state index is 13.8. The van der Waals surface area contributed by atoms with E-state index in [2.05, 4.69) is 5.32 Å². The minimum absolute atomic E-state index is 0. The summed E-state index contributed by atoms with van der Waals surface area (Å²) in [4.78, 5) is -0.297. The molecule has 1 heterocycles. The van der Waals surface area contributed by atoms with Crippen LogP contribution in [-0.2, 0) is 10.0 Å². The van der Waals surface area contributed by atoms with E-state index < -0.39 is 15.8 Å². The van der Waals surface area contributed by atoms with E-state index in [9.17, 15) is 12.8 Å². The second kappa shape index (κ2) is 7.74. The molecule has 0 spiro atoms. The van der Waals surface area contributed by atoms with Crippen LogP contribution in [-0.4, -0.2) is 39.4 Å². The first-order valence-electron chi connectivity index (χ1n) is 6.55. The molecule has 4 nitrogen and oxygen atoms in total. The smallest absolute Gasteiger partial charge is 0.245 e. The van der Waals surface area contributed by atoms with Gasteiger partial charge in [0, 0.05) is 18.1 Å². The average molecular weight is 357 g/mol. The van der Waals surface area contributed by atoms with Crippen molar-refractivity contribution in [3.63, 3.8) is 0 Å². The Bertz CT molecular complexity index is 576. The molecule has 1 aromatic rings. The first-order chi connectivity index (χ1) is 9.45. The van der Waals surface area contributed by atoms with Crippen LogP contribution in [0.4, 0.5) is 4.39 Å². The number of hydrogen-bond acceptors (Lipinski definition) is 3. The number of nitrogens with one attached hydrogen (secondary N) is 1. The molecule has 0 unspecified atom stereocenters. The van der Waals surface area contributed by atoms with Gasteiger partial charge in [0.25, 0.3) is 0 Å². The molecule has 1 aromatic carbocycles. The Morgan fingerprint density at radius 2 is 2.00 bits per heavy atom. The number of nitrogens with zero attached hydrogens (tertiary/aromatic N) is 1. The van der Waals surface area contributed by atoms with Crippen LogP contribution in [0.25, 0.3) is 0 Å². The van der Waals surface area contributed by atoms with Gasteiger partial charge in [-0.1, -0.05) is 11.6 Å². The van der Waals surface area contributed by atoms with Gasteiger partial charge < -0.3 is 5.32 Å². The van der Waals surface area contributed by atoms with Crippen molar-refractivity contribution >= 4 is 34.0 Å². The topological polar surface area (TPSA) is 49.4 Å².